The third kappa shape index (κ3) is 5.65. The van der Waals surface area contributed by atoms with Crippen molar-refractivity contribution >= 4 is 17.4 Å². The number of rotatable bonds is 8. The Hall–Kier alpha value is -3.39. The van der Waals surface area contributed by atoms with Crippen molar-refractivity contribution in [3.05, 3.63) is 77.5 Å². The molecule has 8 heteroatoms. The van der Waals surface area contributed by atoms with E-state index in [0.29, 0.717) is 49.9 Å². The summed E-state index contributed by atoms with van der Waals surface area (Å²) < 4.78 is 15.7. The number of hydrogen-bond donors (Lipinski definition) is 2. The molecular weight excluding hydrogens is 443 g/mol. The van der Waals surface area contributed by atoms with E-state index in [1.165, 1.54) is 31.4 Å². The highest BCUT2D eigenvalue weighted by Crippen LogP contribution is 2.24. The van der Waals surface area contributed by atoms with Crippen molar-refractivity contribution in [2.45, 2.75) is 32.4 Å². The maximum atomic E-state index is 13.8. The number of aromatic nitrogens is 2. The van der Waals surface area contributed by atoms with Crippen LogP contribution in [0.15, 0.2) is 54.6 Å². The fourth-order valence-corrected chi connectivity index (χ4v) is 4.91. The van der Waals surface area contributed by atoms with E-state index >= 15 is 0 Å². The molecule has 2 N–H and O–H groups in total. The molecule has 2 aliphatic heterocycles. The maximum Gasteiger partial charge on any atom is 0.274 e. The Morgan fingerprint density at radius 2 is 1.80 bits per heavy atom. The van der Waals surface area contributed by atoms with Crippen LogP contribution in [0.3, 0.4) is 0 Å². The Kier molecular flexibility index (Phi) is 7.28. The van der Waals surface area contributed by atoms with E-state index in [2.05, 4.69) is 27.7 Å². The molecule has 1 aromatic heterocycles. The van der Waals surface area contributed by atoms with Crippen molar-refractivity contribution in [2.24, 2.45) is 0 Å². The highest BCUT2D eigenvalue weighted by Gasteiger charge is 2.30. The second kappa shape index (κ2) is 10.9. The second-order valence-electron chi connectivity index (χ2n) is 9.28. The molecule has 184 valence electrons. The van der Waals surface area contributed by atoms with E-state index in [4.69, 9.17) is 4.98 Å². The van der Waals surface area contributed by atoms with Crippen LogP contribution in [0.25, 0.3) is 0 Å². The fraction of sp³-hybridized carbons (Fsp3) is 0.407. The van der Waals surface area contributed by atoms with Gasteiger partial charge in [0.05, 0.1) is 6.54 Å². The van der Waals surface area contributed by atoms with Crippen LogP contribution in [0.2, 0.25) is 0 Å². The first-order chi connectivity index (χ1) is 17.2. The van der Waals surface area contributed by atoms with Gasteiger partial charge in [-0.05, 0) is 49.7 Å². The lowest BCUT2D eigenvalue weighted by atomic mass is 10.1. The van der Waals surface area contributed by atoms with Crippen molar-refractivity contribution in [1.82, 2.24) is 19.4 Å². The number of halogens is 1. The second-order valence-corrected chi connectivity index (χ2v) is 9.28. The maximum absolute atomic E-state index is 13.8. The van der Waals surface area contributed by atoms with Gasteiger partial charge in [0.25, 0.3) is 5.91 Å². The van der Waals surface area contributed by atoms with E-state index < -0.39 is 0 Å². The van der Waals surface area contributed by atoms with E-state index in [9.17, 15) is 9.18 Å². The van der Waals surface area contributed by atoms with E-state index in [-0.39, 0.29) is 11.7 Å². The number of carbonyl (C=O) groups is 1. The van der Waals surface area contributed by atoms with E-state index in [0.717, 1.165) is 31.0 Å². The summed E-state index contributed by atoms with van der Waals surface area (Å²) in [4.78, 5) is 23.0. The molecule has 3 aromatic rings. The summed E-state index contributed by atoms with van der Waals surface area (Å²) in [6, 6.07) is 16.5. The largest absolute Gasteiger partial charge is 0.378 e. The number of nitrogens with zero attached hydrogens (tertiary/aromatic N) is 4. The van der Waals surface area contributed by atoms with Crippen molar-refractivity contribution in [1.29, 1.82) is 0 Å². The van der Waals surface area contributed by atoms with Gasteiger partial charge in [0.1, 0.15) is 11.6 Å². The van der Waals surface area contributed by atoms with Crippen molar-refractivity contribution in [2.75, 3.05) is 49.9 Å². The Morgan fingerprint density at radius 3 is 2.60 bits per heavy atom. The van der Waals surface area contributed by atoms with Gasteiger partial charge in [0, 0.05) is 38.4 Å². The molecule has 2 aromatic carbocycles. The number of amides is 1. The average molecular weight is 477 g/mol. The quantitative estimate of drug-likeness (QED) is 0.514. The minimum absolute atomic E-state index is 0.0162. The van der Waals surface area contributed by atoms with Crippen LogP contribution in [0.5, 0.6) is 0 Å². The van der Waals surface area contributed by atoms with Gasteiger partial charge in [-0.25, -0.2) is 9.37 Å². The summed E-state index contributed by atoms with van der Waals surface area (Å²) >= 11 is 0. The lowest BCUT2D eigenvalue weighted by molar-refractivity contribution is 0.0731. The van der Waals surface area contributed by atoms with Crippen LogP contribution < -0.4 is 10.6 Å². The number of imidazole rings is 1. The summed E-state index contributed by atoms with van der Waals surface area (Å²) in [5.74, 6) is 1.09. The van der Waals surface area contributed by atoms with Crippen LogP contribution >= 0.6 is 0 Å². The number of likely N-dealkylation sites (tertiary alicyclic amines) is 1. The minimum Gasteiger partial charge on any atom is -0.378 e. The summed E-state index contributed by atoms with van der Waals surface area (Å²) in [6.07, 6.45) is 3.79. The first-order valence-electron chi connectivity index (χ1n) is 12.6. The van der Waals surface area contributed by atoms with E-state index in [1.54, 1.807) is 6.07 Å². The Labute approximate surface area is 205 Å². The van der Waals surface area contributed by atoms with Crippen molar-refractivity contribution in [3.63, 3.8) is 0 Å². The minimum atomic E-state index is -0.292. The zero-order valence-electron chi connectivity index (χ0n) is 20.0. The number of carbonyl (C=O) groups excluding carboxylic acids is 1. The first kappa shape index (κ1) is 23.4. The molecule has 7 nitrogen and oxygen atoms in total. The molecule has 0 spiro atoms. The molecule has 5 rings (SSSR count). The number of fused-ring (bicyclic) bond motifs is 1. The molecule has 0 aliphatic carbocycles. The lowest BCUT2D eigenvalue weighted by Crippen LogP contribution is -2.41. The Bertz CT molecular complexity index is 1140. The number of anilines is 2. The predicted octanol–water partition coefficient (Wildman–Crippen LogP) is 4.04. The van der Waals surface area contributed by atoms with Crippen molar-refractivity contribution < 1.29 is 9.18 Å². The fourth-order valence-electron chi connectivity index (χ4n) is 4.91. The zero-order valence-corrected chi connectivity index (χ0v) is 20.0. The Balaban J connectivity index is 1.40. The molecule has 2 aliphatic rings. The molecular formula is C27H33FN6O. The topological polar surface area (TPSA) is 65.4 Å². The molecule has 3 heterocycles. The molecule has 0 radical (unpaired) electrons. The smallest absolute Gasteiger partial charge is 0.274 e. The first-order valence-corrected chi connectivity index (χ1v) is 12.6. The number of piperidine rings is 1. The van der Waals surface area contributed by atoms with Gasteiger partial charge >= 0.3 is 0 Å². The monoisotopic (exact) mass is 476 g/mol. The standard InChI is InChI=1S/C27H33FN6O/c28-22-10-7-11-23(18-22)30-19-24-31-26-25(34(24)20-21-8-3-1-4-9-21)27(35)33(15-12-29-26)17-16-32-13-5-2-6-14-32/h1,3-4,7-11,18,29-30H,2,5-6,12-17,19-20H2. The van der Waals surface area contributed by atoms with Crippen LogP contribution in [-0.2, 0) is 13.1 Å². The zero-order chi connectivity index (χ0) is 24.0. The molecule has 1 amide bonds. The lowest BCUT2D eigenvalue weighted by Gasteiger charge is -2.29. The molecule has 0 atom stereocenters. The molecule has 0 saturated carbocycles. The van der Waals surface area contributed by atoms with Gasteiger partial charge < -0.3 is 25.0 Å². The van der Waals surface area contributed by atoms with Gasteiger partial charge in [-0.3, -0.25) is 4.79 Å². The van der Waals surface area contributed by atoms with E-state index in [1.807, 2.05) is 33.7 Å². The van der Waals surface area contributed by atoms with Gasteiger partial charge in [-0.2, -0.15) is 0 Å². The van der Waals surface area contributed by atoms with Crippen LogP contribution in [0, 0.1) is 5.82 Å². The Morgan fingerprint density at radius 1 is 0.971 bits per heavy atom. The summed E-state index contributed by atoms with van der Waals surface area (Å²) in [5.41, 5.74) is 2.37. The highest BCUT2D eigenvalue weighted by atomic mass is 19.1. The van der Waals surface area contributed by atoms with Crippen LogP contribution in [0.1, 0.15) is 41.1 Å². The number of hydrogen-bond acceptors (Lipinski definition) is 5. The summed E-state index contributed by atoms with van der Waals surface area (Å²) in [5, 5.41) is 6.65. The predicted molar refractivity (Wildman–Crippen MR) is 136 cm³/mol. The van der Waals surface area contributed by atoms with Gasteiger partial charge in [0.2, 0.25) is 0 Å². The normalized spacial score (nSPS) is 16.5. The molecule has 1 fully saturated rings. The molecule has 1 saturated heterocycles. The number of nitrogens with one attached hydrogen (secondary N) is 2. The average Bonchev–Trinajstić information content (AvgIpc) is 3.13. The van der Waals surface area contributed by atoms with Gasteiger partial charge in [-0.15, -0.1) is 0 Å². The van der Waals surface area contributed by atoms with Crippen LogP contribution in [0.4, 0.5) is 15.9 Å². The molecule has 35 heavy (non-hydrogen) atoms. The van der Waals surface area contributed by atoms with Gasteiger partial charge in [-0.1, -0.05) is 42.8 Å². The SMILES string of the molecule is O=C1c2c(nc(CNc3cccc(F)c3)n2Cc2ccccc2)NCCN1CCN1CCCCC1. The summed E-state index contributed by atoms with van der Waals surface area (Å²) in [7, 11) is 0. The summed E-state index contributed by atoms with van der Waals surface area (Å²) in [6.45, 7) is 6.10. The third-order valence-corrected chi connectivity index (χ3v) is 6.80. The van der Waals surface area contributed by atoms with Crippen LogP contribution in [-0.4, -0.2) is 64.5 Å². The molecule has 0 unspecified atom stereocenters. The molecule has 0 bridgehead atoms. The highest BCUT2D eigenvalue weighted by molar-refractivity contribution is 5.98. The van der Waals surface area contributed by atoms with Gasteiger partial charge in [0.15, 0.2) is 11.5 Å². The number of benzene rings is 2. The third-order valence-electron chi connectivity index (χ3n) is 6.80. The van der Waals surface area contributed by atoms with Crippen molar-refractivity contribution in [3.8, 4) is 0 Å².